The number of nitrogens with two attached hydrogens (primary N) is 1. The highest BCUT2D eigenvalue weighted by atomic mass is 79.9. The molecule has 76 valence electrons. The van der Waals surface area contributed by atoms with E-state index in [0.29, 0.717) is 6.04 Å². The van der Waals surface area contributed by atoms with Crippen LogP contribution in [0.2, 0.25) is 0 Å². The van der Waals surface area contributed by atoms with E-state index in [1.807, 2.05) is 0 Å². The normalized spacial score (nSPS) is 22.2. The third kappa shape index (κ3) is 2.80. The Hall–Kier alpha value is -0.380. The van der Waals surface area contributed by atoms with Crippen LogP contribution in [0.1, 0.15) is 5.56 Å². The van der Waals surface area contributed by atoms with Crippen molar-refractivity contribution in [2.75, 3.05) is 19.8 Å². The van der Waals surface area contributed by atoms with Crippen molar-refractivity contribution in [1.29, 1.82) is 0 Å². The molecule has 0 bridgehead atoms. The SMILES string of the molecule is Brc1ccc(C[C@@H]2COCC[NH2+]2)cc1. The minimum absolute atomic E-state index is 0.602. The quantitative estimate of drug-likeness (QED) is 0.838. The molecule has 14 heavy (non-hydrogen) atoms. The van der Waals surface area contributed by atoms with Gasteiger partial charge in [-0.05, 0) is 17.7 Å². The third-order valence-corrected chi connectivity index (χ3v) is 3.03. The van der Waals surface area contributed by atoms with Gasteiger partial charge >= 0.3 is 0 Å². The van der Waals surface area contributed by atoms with Crippen LogP contribution in [0, 0.1) is 0 Å². The Kier molecular flexibility index (Phi) is 3.56. The molecule has 0 aliphatic carbocycles. The number of morpholine rings is 1. The standard InChI is InChI=1S/C11H14BrNO/c12-10-3-1-9(2-4-10)7-11-8-14-6-5-13-11/h1-4,11,13H,5-8H2/p+1/t11-/m1/s1. The summed E-state index contributed by atoms with van der Waals surface area (Å²) in [6, 6.07) is 9.14. The van der Waals surface area contributed by atoms with Gasteiger partial charge in [-0.2, -0.15) is 0 Å². The number of benzene rings is 1. The van der Waals surface area contributed by atoms with Crippen LogP contribution < -0.4 is 5.32 Å². The average molecular weight is 257 g/mol. The fourth-order valence-electron chi connectivity index (χ4n) is 1.76. The summed E-state index contributed by atoms with van der Waals surface area (Å²) in [5.41, 5.74) is 1.39. The molecule has 1 aliphatic heterocycles. The summed E-state index contributed by atoms with van der Waals surface area (Å²) in [6.45, 7) is 2.88. The van der Waals surface area contributed by atoms with Gasteiger partial charge in [-0.25, -0.2) is 0 Å². The van der Waals surface area contributed by atoms with E-state index in [1.54, 1.807) is 0 Å². The summed E-state index contributed by atoms with van der Waals surface area (Å²) in [5, 5.41) is 2.38. The largest absolute Gasteiger partial charge is 0.369 e. The topological polar surface area (TPSA) is 25.8 Å². The van der Waals surface area contributed by atoms with Crippen LogP contribution in [-0.4, -0.2) is 25.8 Å². The molecule has 1 aromatic rings. The lowest BCUT2D eigenvalue weighted by molar-refractivity contribution is -0.704. The Morgan fingerprint density at radius 2 is 2.14 bits per heavy atom. The maximum absolute atomic E-state index is 5.44. The van der Waals surface area contributed by atoms with Gasteiger partial charge in [-0.3, -0.25) is 0 Å². The Morgan fingerprint density at radius 1 is 1.36 bits per heavy atom. The molecule has 0 amide bonds. The van der Waals surface area contributed by atoms with E-state index < -0.39 is 0 Å². The summed E-state index contributed by atoms with van der Waals surface area (Å²) in [7, 11) is 0. The number of hydrogen-bond acceptors (Lipinski definition) is 1. The number of quaternary nitrogens is 1. The van der Waals surface area contributed by atoms with Gasteiger partial charge in [0, 0.05) is 10.9 Å². The summed E-state index contributed by atoms with van der Waals surface area (Å²) < 4.78 is 6.58. The minimum atomic E-state index is 0.602. The number of ether oxygens (including phenoxy) is 1. The monoisotopic (exact) mass is 256 g/mol. The van der Waals surface area contributed by atoms with Crippen molar-refractivity contribution in [3.8, 4) is 0 Å². The van der Waals surface area contributed by atoms with Gasteiger partial charge in [0.05, 0.1) is 19.8 Å². The fraction of sp³-hybridized carbons (Fsp3) is 0.455. The van der Waals surface area contributed by atoms with Gasteiger partial charge in [-0.15, -0.1) is 0 Å². The summed E-state index contributed by atoms with van der Waals surface area (Å²) in [5.74, 6) is 0. The molecule has 1 atom stereocenters. The van der Waals surface area contributed by atoms with Crippen molar-refractivity contribution in [1.82, 2.24) is 0 Å². The van der Waals surface area contributed by atoms with Crippen LogP contribution in [0.25, 0.3) is 0 Å². The first-order chi connectivity index (χ1) is 6.84. The lowest BCUT2D eigenvalue weighted by atomic mass is 10.1. The lowest BCUT2D eigenvalue weighted by Crippen LogP contribution is -2.94. The molecule has 2 N–H and O–H groups in total. The second-order valence-electron chi connectivity index (χ2n) is 3.69. The van der Waals surface area contributed by atoms with Crippen molar-refractivity contribution in [3.05, 3.63) is 34.3 Å². The van der Waals surface area contributed by atoms with Crippen LogP contribution in [0.3, 0.4) is 0 Å². The van der Waals surface area contributed by atoms with Crippen LogP contribution in [0.15, 0.2) is 28.7 Å². The zero-order valence-electron chi connectivity index (χ0n) is 8.08. The van der Waals surface area contributed by atoms with Gasteiger partial charge in [0.15, 0.2) is 0 Å². The smallest absolute Gasteiger partial charge is 0.114 e. The van der Waals surface area contributed by atoms with Crippen LogP contribution in [0.5, 0.6) is 0 Å². The number of rotatable bonds is 2. The van der Waals surface area contributed by atoms with Gasteiger partial charge < -0.3 is 10.1 Å². The molecular formula is C11H15BrNO+. The van der Waals surface area contributed by atoms with Crippen molar-refractivity contribution in [3.63, 3.8) is 0 Å². The summed E-state index contributed by atoms with van der Waals surface area (Å²) in [4.78, 5) is 0. The first kappa shape index (κ1) is 10.1. The van der Waals surface area contributed by atoms with Crippen molar-refractivity contribution < 1.29 is 10.1 Å². The Labute approximate surface area is 92.8 Å². The van der Waals surface area contributed by atoms with Crippen LogP contribution >= 0.6 is 15.9 Å². The van der Waals surface area contributed by atoms with E-state index in [2.05, 4.69) is 45.5 Å². The molecule has 1 fully saturated rings. The summed E-state index contributed by atoms with van der Waals surface area (Å²) >= 11 is 3.44. The molecule has 0 saturated carbocycles. The van der Waals surface area contributed by atoms with Gasteiger partial charge in [-0.1, -0.05) is 28.1 Å². The first-order valence-electron chi connectivity index (χ1n) is 5.00. The highest BCUT2D eigenvalue weighted by Gasteiger charge is 2.16. The molecule has 1 aliphatic rings. The highest BCUT2D eigenvalue weighted by molar-refractivity contribution is 9.10. The maximum Gasteiger partial charge on any atom is 0.114 e. The second kappa shape index (κ2) is 4.91. The van der Waals surface area contributed by atoms with Crippen molar-refractivity contribution in [2.45, 2.75) is 12.5 Å². The van der Waals surface area contributed by atoms with Gasteiger partial charge in [0.1, 0.15) is 6.04 Å². The average Bonchev–Trinajstić information content (AvgIpc) is 2.23. The fourth-order valence-corrected chi connectivity index (χ4v) is 2.02. The predicted octanol–water partition coefficient (Wildman–Crippen LogP) is 0.954. The van der Waals surface area contributed by atoms with Gasteiger partial charge in [0.2, 0.25) is 0 Å². The molecule has 1 heterocycles. The van der Waals surface area contributed by atoms with Crippen LogP contribution in [0.4, 0.5) is 0 Å². The maximum atomic E-state index is 5.44. The van der Waals surface area contributed by atoms with E-state index in [0.717, 1.165) is 30.7 Å². The van der Waals surface area contributed by atoms with Crippen molar-refractivity contribution in [2.24, 2.45) is 0 Å². The van der Waals surface area contributed by atoms with E-state index in [-0.39, 0.29) is 0 Å². The molecule has 2 nitrogen and oxygen atoms in total. The van der Waals surface area contributed by atoms with Crippen LogP contribution in [-0.2, 0) is 11.2 Å². The Bertz CT molecular complexity index is 280. The molecule has 0 radical (unpaired) electrons. The zero-order valence-corrected chi connectivity index (χ0v) is 9.66. The number of hydrogen-bond donors (Lipinski definition) is 1. The predicted molar refractivity (Wildman–Crippen MR) is 59.2 cm³/mol. The summed E-state index contributed by atoms with van der Waals surface area (Å²) in [6.07, 6.45) is 1.10. The molecule has 2 rings (SSSR count). The molecular weight excluding hydrogens is 242 g/mol. The third-order valence-electron chi connectivity index (χ3n) is 2.51. The molecule has 3 heteroatoms. The first-order valence-corrected chi connectivity index (χ1v) is 5.79. The molecule has 1 aromatic carbocycles. The lowest BCUT2D eigenvalue weighted by Gasteiger charge is -2.20. The van der Waals surface area contributed by atoms with E-state index in [4.69, 9.17) is 4.74 Å². The van der Waals surface area contributed by atoms with E-state index in [1.165, 1.54) is 5.56 Å². The highest BCUT2D eigenvalue weighted by Crippen LogP contribution is 2.11. The molecule has 1 saturated heterocycles. The molecule has 0 aromatic heterocycles. The van der Waals surface area contributed by atoms with Crippen molar-refractivity contribution >= 4 is 15.9 Å². The Morgan fingerprint density at radius 3 is 2.79 bits per heavy atom. The molecule has 0 unspecified atom stereocenters. The minimum Gasteiger partial charge on any atom is -0.369 e. The van der Waals surface area contributed by atoms with E-state index in [9.17, 15) is 0 Å². The number of halogens is 1. The van der Waals surface area contributed by atoms with E-state index >= 15 is 0 Å². The van der Waals surface area contributed by atoms with Gasteiger partial charge in [0.25, 0.3) is 0 Å². The Balaban J connectivity index is 1.92. The molecule has 0 spiro atoms. The zero-order chi connectivity index (χ0) is 9.80. The second-order valence-corrected chi connectivity index (χ2v) is 4.61.